The van der Waals surface area contributed by atoms with Gasteiger partial charge in [0.05, 0.1) is 6.61 Å². The van der Waals surface area contributed by atoms with E-state index in [2.05, 4.69) is 42.3 Å². The Bertz CT molecular complexity index is 413. The van der Waals surface area contributed by atoms with Crippen LogP contribution in [-0.4, -0.2) is 30.8 Å². The molecule has 0 spiro atoms. The maximum absolute atomic E-state index is 9.42. The fourth-order valence-corrected chi connectivity index (χ4v) is 3.22. The monoisotopic (exact) mass is 276 g/mol. The second-order valence-corrected chi connectivity index (χ2v) is 5.77. The van der Waals surface area contributed by atoms with E-state index in [1.54, 1.807) is 0 Å². The molecule has 0 aromatic heterocycles. The number of aliphatic hydroxyl groups is 1. The third kappa shape index (κ3) is 3.74. The van der Waals surface area contributed by atoms with Crippen LogP contribution in [0.2, 0.25) is 0 Å². The summed E-state index contributed by atoms with van der Waals surface area (Å²) in [6, 6.07) is 7.29. The van der Waals surface area contributed by atoms with Crippen LogP contribution in [0, 0.1) is 6.92 Å². The largest absolute Gasteiger partial charge is 0.395 e. The van der Waals surface area contributed by atoms with Crippen LogP contribution in [0.15, 0.2) is 18.2 Å². The molecule has 0 aliphatic heterocycles. The quantitative estimate of drug-likeness (QED) is 0.804. The molecule has 2 N–H and O–H groups in total. The zero-order valence-electron chi connectivity index (χ0n) is 12.9. The van der Waals surface area contributed by atoms with Gasteiger partial charge in [0, 0.05) is 24.8 Å². The molecule has 1 fully saturated rings. The minimum Gasteiger partial charge on any atom is -0.395 e. The third-order valence-electron chi connectivity index (χ3n) is 4.22. The molecule has 2 rings (SSSR count). The molecule has 1 aromatic carbocycles. The number of hydrogen-bond acceptors (Lipinski definition) is 3. The van der Waals surface area contributed by atoms with Gasteiger partial charge in [-0.15, -0.1) is 0 Å². The molecular formula is C17H28N2O. The Morgan fingerprint density at radius 1 is 1.30 bits per heavy atom. The smallest absolute Gasteiger partial charge is 0.0606 e. The zero-order valence-corrected chi connectivity index (χ0v) is 12.9. The number of benzene rings is 1. The third-order valence-corrected chi connectivity index (χ3v) is 4.22. The molecule has 1 aromatic rings. The Morgan fingerprint density at radius 2 is 2.05 bits per heavy atom. The Balaban J connectivity index is 2.25. The van der Waals surface area contributed by atoms with Gasteiger partial charge in [0.1, 0.15) is 0 Å². The van der Waals surface area contributed by atoms with Crippen molar-refractivity contribution in [2.45, 2.75) is 52.1 Å². The highest BCUT2D eigenvalue weighted by molar-refractivity contribution is 5.56. The molecule has 1 aliphatic rings. The van der Waals surface area contributed by atoms with Crippen LogP contribution in [0.5, 0.6) is 0 Å². The molecule has 0 bridgehead atoms. The Kier molecular flexibility index (Phi) is 5.86. The van der Waals surface area contributed by atoms with E-state index >= 15 is 0 Å². The van der Waals surface area contributed by atoms with Gasteiger partial charge in [-0.2, -0.15) is 0 Å². The fraction of sp³-hybridized carbons (Fsp3) is 0.647. The summed E-state index contributed by atoms with van der Waals surface area (Å²) in [6.45, 7) is 7.14. The lowest BCUT2D eigenvalue weighted by Crippen LogP contribution is -2.36. The van der Waals surface area contributed by atoms with Crippen LogP contribution in [0.25, 0.3) is 0 Å². The second-order valence-electron chi connectivity index (χ2n) is 5.77. The number of hydrogen-bond donors (Lipinski definition) is 2. The average molecular weight is 276 g/mol. The van der Waals surface area contributed by atoms with Crippen molar-refractivity contribution in [3.63, 3.8) is 0 Å². The number of aliphatic hydroxyl groups excluding tert-OH is 1. The molecule has 0 atom stereocenters. The average Bonchev–Trinajstić information content (AvgIpc) is 2.97. The van der Waals surface area contributed by atoms with Gasteiger partial charge in [0.2, 0.25) is 0 Å². The van der Waals surface area contributed by atoms with Crippen LogP contribution in [0.4, 0.5) is 5.69 Å². The van der Waals surface area contributed by atoms with Gasteiger partial charge in [-0.3, -0.25) is 0 Å². The van der Waals surface area contributed by atoms with Gasteiger partial charge in [-0.25, -0.2) is 0 Å². The topological polar surface area (TPSA) is 35.5 Å². The van der Waals surface area contributed by atoms with Gasteiger partial charge in [-0.1, -0.05) is 37.5 Å². The molecule has 112 valence electrons. The number of aryl methyl sites for hydroxylation is 1. The van der Waals surface area contributed by atoms with Crippen molar-refractivity contribution in [1.82, 2.24) is 5.32 Å². The minimum absolute atomic E-state index is 0.227. The van der Waals surface area contributed by atoms with E-state index in [0.29, 0.717) is 6.04 Å². The lowest BCUT2D eigenvalue weighted by Gasteiger charge is -2.32. The maximum atomic E-state index is 9.42. The predicted octanol–water partition coefficient (Wildman–Crippen LogP) is 2.85. The first-order valence-corrected chi connectivity index (χ1v) is 7.94. The van der Waals surface area contributed by atoms with Crippen LogP contribution in [0.3, 0.4) is 0 Å². The van der Waals surface area contributed by atoms with Crippen molar-refractivity contribution in [3.8, 4) is 0 Å². The molecule has 0 unspecified atom stereocenters. The SMILES string of the molecule is CCNCc1cc(C)ccc1N(CCO)C1CCCC1. The summed E-state index contributed by atoms with van der Waals surface area (Å²) in [5, 5.41) is 12.9. The highest BCUT2D eigenvalue weighted by Crippen LogP contribution is 2.30. The molecule has 3 nitrogen and oxygen atoms in total. The van der Waals surface area contributed by atoms with E-state index in [9.17, 15) is 5.11 Å². The van der Waals surface area contributed by atoms with Crippen molar-refractivity contribution < 1.29 is 5.11 Å². The van der Waals surface area contributed by atoms with Gasteiger partial charge >= 0.3 is 0 Å². The molecule has 20 heavy (non-hydrogen) atoms. The van der Waals surface area contributed by atoms with Crippen LogP contribution < -0.4 is 10.2 Å². The summed E-state index contributed by atoms with van der Waals surface area (Å²) in [5.41, 5.74) is 3.96. The number of rotatable bonds is 7. The van der Waals surface area contributed by atoms with Crippen molar-refractivity contribution in [1.29, 1.82) is 0 Å². The number of anilines is 1. The fourth-order valence-electron chi connectivity index (χ4n) is 3.22. The first-order chi connectivity index (χ1) is 9.76. The lowest BCUT2D eigenvalue weighted by molar-refractivity contribution is 0.297. The second kappa shape index (κ2) is 7.65. The first-order valence-electron chi connectivity index (χ1n) is 7.94. The summed E-state index contributed by atoms with van der Waals surface area (Å²) >= 11 is 0. The lowest BCUT2D eigenvalue weighted by atomic mass is 10.1. The molecule has 0 radical (unpaired) electrons. The maximum Gasteiger partial charge on any atom is 0.0606 e. The molecular weight excluding hydrogens is 248 g/mol. The Labute approximate surface area is 123 Å². The van der Waals surface area contributed by atoms with E-state index in [0.717, 1.165) is 19.6 Å². The summed E-state index contributed by atoms with van der Waals surface area (Å²) in [6.07, 6.45) is 5.16. The molecule has 1 saturated carbocycles. The first kappa shape index (κ1) is 15.3. The standard InChI is InChI=1S/C17H28N2O/c1-3-18-13-15-12-14(2)8-9-17(15)19(10-11-20)16-6-4-5-7-16/h8-9,12,16,18,20H,3-7,10-11,13H2,1-2H3. The Morgan fingerprint density at radius 3 is 2.70 bits per heavy atom. The minimum atomic E-state index is 0.227. The van der Waals surface area contributed by atoms with Crippen molar-refractivity contribution in [2.24, 2.45) is 0 Å². The van der Waals surface area contributed by atoms with E-state index in [1.165, 1.54) is 42.5 Å². The van der Waals surface area contributed by atoms with Crippen LogP contribution >= 0.6 is 0 Å². The highest BCUT2D eigenvalue weighted by atomic mass is 16.3. The van der Waals surface area contributed by atoms with E-state index in [1.807, 2.05) is 0 Å². The van der Waals surface area contributed by atoms with Gasteiger partial charge in [0.15, 0.2) is 0 Å². The van der Waals surface area contributed by atoms with Crippen LogP contribution in [0.1, 0.15) is 43.7 Å². The zero-order chi connectivity index (χ0) is 14.4. The molecule has 1 aliphatic carbocycles. The summed E-state index contributed by atoms with van der Waals surface area (Å²) in [5.74, 6) is 0. The van der Waals surface area contributed by atoms with Crippen molar-refractivity contribution >= 4 is 5.69 Å². The van der Waals surface area contributed by atoms with E-state index < -0.39 is 0 Å². The van der Waals surface area contributed by atoms with Gasteiger partial charge in [0.25, 0.3) is 0 Å². The van der Waals surface area contributed by atoms with Crippen molar-refractivity contribution in [2.75, 3.05) is 24.6 Å². The van der Waals surface area contributed by atoms with E-state index in [4.69, 9.17) is 0 Å². The highest BCUT2D eigenvalue weighted by Gasteiger charge is 2.24. The van der Waals surface area contributed by atoms with E-state index in [-0.39, 0.29) is 6.61 Å². The molecule has 0 heterocycles. The summed E-state index contributed by atoms with van der Waals surface area (Å²) in [7, 11) is 0. The predicted molar refractivity (Wildman–Crippen MR) is 85.2 cm³/mol. The molecule has 0 saturated heterocycles. The number of nitrogens with one attached hydrogen (secondary N) is 1. The summed E-state index contributed by atoms with van der Waals surface area (Å²) < 4.78 is 0. The molecule has 3 heteroatoms. The normalized spacial score (nSPS) is 15.8. The van der Waals surface area contributed by atoms with Gasteiger partial charge < -0.3 is 15.3 Å². The van der Waals surface area contributed by atoms with Crippen molar-refractivity contribution in [3.05, 3.63) is 29.3 Å². The number of nitrogens with zero attached hydrogens (tertiary/aromatic N) is 1. The van der Waals surface area contributed by atoms with Crippen LogP contribution in [-0.2, 0) is 6.54 Å². The Hall–Kier alpha value is -1.06. The van der Waals surface area contributed by atoms with Gasteiger partial charge in [-0.05, 0) is 37.9 Å². The molecule has 0 amide bonds. The summed E-state index contributed by atoms with van der Waals surface area (Å²) in [4.78, 5) is 2.43.